The fourth-order valence-corrected chi connectivity index (χ4v) is 5.27. The number of piperazine rings is 1. The number of H-pyrrole nitrogens is 2. The van der Waals surface area contributed by atoms with E-state index < -0.39 is 0 Å². The number of aromatic amines is 2. The molecule has 0 radical (unpaired) electrons. The average Bonchev–Trinajstić information content (AvgIpc) is 3.55. The molecule has 0 atom stereocenters. The molecule has 6 rings (SSSR count). The van der Waals surface area contributed by atoms with Gasteiger partial charge in [-0.2, -0.15) is 0 Å². The molecule has 37 heavy (non-hydrogen) atoms. The lowest BCUT2D eigenvalue weighted by molar-refractivity contribution is -0.141. The Morgan fingerprint density at radius 3 is 2.41 bits per heavy atom. The molecule has 5 aromatic rings. The van der Waals surface area contributed by atoms with Crippen LogP contribution in [0.2, 0.25) is 0 Å². The maximum atomic E-state index is 12.6. The number of amides is 1. The first-order valence-electron chi connectivity index (χ1n) is 13.0. The summed E-state index contributed by atoms with van der Waals surface area (Å²) in [7, 11) is 0. The maximum absolute atomic E-state index is 12.6. The Morgan fingerprint density at radius 2 is 1.65 bits per heavy atom. The average molecular weight is 492 g/mol. The van der Waals surface area contributed by atoms with E-state index in [1.165, 1.54) is 16.5 Å². The first kappa shape index (κ1) is 23.5. The van der Waals surface area contributed by atoms with Crippen LogP contribution in [0.15, 0.2) is 73.2 Å². The van der Waals surface area contributed by atoms with Crippen LogP contribution in [-0.4, -0.2) is 56.8 Å². The Labute approximate surface area is 217 Å². The third-order valence-corrected chi connectivity index (χ3v) is 7.39. The minimum Gasteiger partial charge on any atom is -0.361 e. The lowest BCUT2D eigenvalue weighted by Gasteiger charge is -2.37. The normalized spacial score (nSPS) is 15.1. The number of rotatable bonds is 4. The number of aromatic nitrogens is 3. The highest BCUT2D eigenvalue weighted by Gasteiger charge is 2.29. The minimum absolute atomic E-state index is 0.248. The van der Waals surface area contributed by atoms with Crippen LogP contribution in [-0.2, 0) is 11.3 Å². The van der Waals surface area contributed by atoms with Crippen molar-refractivity contribution < 1.29 is 4.79 Å². The number of benzene rings is 2. The first-order valence-corrected chi connectivity index (χ1v) is 13.0. The van der Waals surface area contributed by atoms with E-state index in [0.29, 0.717) is 0 Å². The van der Waals surface area contributed by atoms with Gasteiger partial charge in [0.2, 0.25) is 5.91 Å². The Kier molecular flexibility index (Phi) is 5.84. The number of carbonyl (C=O) groups is 1. The van der Waals surface area contributed by atoms with Crippen molar-refractivity contribution in [2.75, 3.05) is 26.2 Å². The van der Waals surface area contributed by atoms with Gasteiger partial charge in [-0.1, -0.05) is 51.1 Å². The van der Waals surface area contributed by atoms with Gasteiger partial charge in [0.25, 0.3) is 0 Å². The lowest BCUT2D eigenvalue weighted by atomic mass is 9.94. The number of hydrogen-bond acceptors (Lipinski definition) is 3. The summed E-state index contributed by atoms with van der Waals surface area (Å²) in [5, 5.41) is 2.33. The monoisotopic (exact) mass is 491 g/mol. The summed E-state index contributed by atoms with van der Waals surface area (Å²) < 4.78 is 0. The van der Waals surface area contributed by atoms with Crippen molar-refractivity contribution in [2.24, 2.45) is 5.41 Å². The summed E-state index contributed by atoms with van der Waals surface area (Å²) in [6.45, 7) is 10.3. The summed E-state index contributed by atoms with van der Waals surface area (Å²) in [5.74, 6) is 0.248. The van der Waals surface area contributed by atoms with Crippen LogP contribution in [0.25, 0.3) is 44.2 Å². The zero-order chi connectivity index (χ0) is 25.6. The van der Waals surface area contributed by atoms with E-state index in [2.05, 4.69) is 69.5 Å². The van der Waals surface area contributed by atoms with Crippen molar-refractivity contribution in [1.82, 2.24) is 24.8 Å². The molecule has 188 valence electrons. The Morgan fingerprint density at radius 1 is 0.892 bits per heavy atom. The molecule has 1 fully saturated rings. The molecule has 0 saturated carbocycles. The predicted molar refractivity (Wildman–Crippen MR) is 150 cm³/mol. The standard InChI is InChI=1S/C31H33N5O/c1-31(2,3)30(37)36-14-12-35(13-15-36)20-21-4-6-22(7-5-21)25-17-26-27(19-34-29(26)33-18-25)23-8-9-28-24(16-23)10-11-32-28/h4-11,16-19,32H,12-15,20H2,1-3H3,(H,33,34). The van der Waals surface area contributed by atoms with Crippen LogP contribution >= 0.6 is 0 Å². The van der Waals surface area contributed by atoms with E-state index in [1.54, 1.807) is 0 Å². The SMILES string of the molecule is CC(C)(C)C(=O)N1CCN(Cc2ccc(-c3cnc4[nH]cc(-c5ccc6[nH]ccc6c5)c4c3)cc2)CC1. The Bertz CT molecular complexity index is 1560. The largest absolute Gasteiger partial charge is 0.361 e. The van der Waals surface area contributed by atoms with Crippen molar-refractivity contribution in [1.29, 1.82) is 0 Å². The van der Waals surface area contributed by atoms with E-state index in [9.17, 15) is 4.79 Å². The van der Waals surface area contributed by atoms with E-state index in [4.69, 9.17) is 4.98 Å². The Hall–Kier alpha value is -3.90. The van der Waals surface area contributed by atoms with Gasteiger partial charge in [0.15, 0.2) is 0 Å². The van der Waals surface area contributed by atoms with Crippen molar-refractivity contribution in [2.45, 2.75) is 27.3 Å². The summed E-state index contributed by atoms with van der Waals surface area (Å²) in [4.78, 5) is 28.3. The van der Waals surface area contributed by atoms with Crippen molar-refractivity contribution >= 4 is 27.8 Å². The summed E-state index contributed by atoms with van der Waals surface area (Å²) in [6, 6.07) is 19.6. The summed E-state index contributed by atoms with van der Waals surface area (Å²) in [5.41, 5.74) is 7.62. The van der Waals surface area contributed by atoms with Gasteiger partial charge in [-0.05, 0) is 46.3 Å². The van der Waals surface area contributed by atoms with Gasteiger partial charge in [-0.3, -0.25) is 9.69 Å². The third kappa shape index (κ3) is 4.65. The molecule has 1 aliphatic rings. The van der Waals surface area contributed by atoms with Gasteiger partial charge in [-0.25, -0.2) is 4.98 Å². The number of carbonyl (C=O) groups excluding carboxylic acids is 1. The second-order valence-corrected chi connectivity index (χ2v) is 11.1. The van der Waals surface area contributed by atoms with Gasteiger partial charge >= 0.3 is 0 Å². The molecule has 3 aromatic heterocycles. The Balaban J connectivity index is 1.17. The minimum atomic E-state index is -0.313. The molecular formula is C31H33N5O. The highest BCUT2D eigenvalue weighted by atomic mass is 16.2. The third-order valence-electron chi connectivity index (χ3n) is 7.39. The number of hydrogen-bond donors (Lipinski definition) is 2. The summed E-state index contributed by atoms with van der Waals surface area (Å²) >= 11 is 0. The topological polar surface area (TPSA) is 68.0 Å². The van der Waals surface area contributed by atoms with Crippen LogP contribution in [0.4, 0.5) is 0 Å². The number of pyridine rings is 1. The highest BCUT2D eigenvalue weighted by Crippen LogP contribution is 2.32. The first-order chi connectivity index (χ1) is 17.8. The molecule has 4 heterocycles. The second kappa shape index (κ2) is 9.20. The van der Waals surface area contributed by atoms with Gasteiger partial charge in [0.1, 0.15) is 5.65 Å². The molecular weight excluding hydrogens is 458 g/mol. The molecule has 6 heteroatoms. The molecule has 2 aromatic carbocycles. The number of nitrogens with one attached hydrogen (secondary N) is 2. The highest BCUT2D eigenvalue weighted by molar-refractivity contribution is 5.98. The molecule has 1 amide bonds. The lowest BCUT2D eigenvalue weighted by Crippen LogP contribution is -2.51. The molecule has 0 spiro atoms. The van der Waals surface area contributed by atoms with Gasteiger partial charge in [-0.15, -0.1) is 0 Å². The fourth-order valence-electron chi connectivity index (χ4n) is 5.27. The fraction of sp³-hybridized carbons (Fsp3) is 0.290. The number of fused-ring (bicyclic) bond motifs is 2. The van der Waals surface area contributed by atoms with Gasteiger partial charge in [0.05, 0.1) is 0 Å². The van der Waals surface area contributed by atoms with Crippen LogP contribution < -0.4 is 0 Å². The van der Waals surface area contributed by atoms with E-state index >= 15 is 0 Å². The van der Waals surface area contributed by atoms with Crippen LogP contribution in [0.5, 0.6) is 0 Å². The quantitative estimate of drug-likeness (QED) is 0.321. The molecule has 6 nitrogen and oxygen atoms in total. The molecule has 0 unspecified atom stereocenters. The molecule has 0 aliphatic carbocycles. The summed E-state index contributed by atoms with van der Waals surface area (Å²) in [6.07, 6.45) is 5.96. The maximum Gasteiger partial charge on any atom is 0.228 e. The van der Waals surface area contributed by atoms with Crippen molar-refractivity contribution in [3.05, 3.63) is 78.8 Å². The molecule has 0 bridgehead atoms. The predicted octanol–water partition coefficient (Wildman–Crippen LogP) is 6.07. The van der Waals surface area contributed by atoms with Crippen LogP contribution in [0.1, 0.15) is 26.3 Å². The van der Waals surface area contributed by atoms with Crippen molar-refractivity contribution in [3.8, 4) is 22.3 Å². The number of nitrogens with zero attached hydrogens (tertiary/aromatic N) is 3. The van der Waals surface area contributed by atoms with Crippen LogP contribution in [0.3, 0.4) is 0 Å². The van der Waals surface area contributed by atoms with Gasteiger partial charge < -0.3 is 14.9 Å². The molecule has 1 saturated heterocycles. The molecule has 1 aliphatic heterocycles. The van der Waals surface area contributed by atoms with Crippen LogP contribution in [0, 0.1) is 5.41 Å². The zero-order valence-electron chi connectivity index (χ0n) is 21.7. The van der Waals surface area contributed by atoms with Gasteiger partial charge in [0, 0.05) is 78.8 Å². The van der Waals surface area contributed by atoms with Crippen molar-refractivity contribution in [3.63, 3.8) is 0 Å². The smallest absolute Gasteiger partial charge is 0.228 e. The second-order valence-electron chi connectivity index (χ2n) is 11.1. The zero-order valence-corrected chi connectivity index (χ0v) is 21.7. The molecule has 2 N–H and O–H groups in total. The van der Waals surface area contributed by atoms with E-state index in [0.717, 1.165) is 66.0 Å². The van der Waals surface area contributed by atoms with E-state index in [1.807, 2.05) is 44.3 Å². The van der Waals surface area contributed by atoms with E-state index in [-0.39, 0.29) is 11.3 Å².